The van der Waals surface area contributed by atoms with Crippen LogP contribution in [0.25, 0.3) is 0 Å². The molecule has 74 valence electrons. The first-order valence-electron chi connectivity index (χ1n) is 4.83. The lowest BCUT2D eigenvalue weighted by atomic mass is 10.1. The predicted octanol–water partition coefficient (Wildman–Crippen LogP) is 1.51. The second kappa shape index (κ2) is 4.24. The summed E-state index contributed by atoms with van der Waals surface area (Å²) in [6, 6.07) is 10.0. The molecule has 1 aromatic carbocycles. The average molecular weight is 190 g/mol. The fourth-order valence-corrected chi connectivity index (χ4v) is 1.51. The summed E-state index contributed by atoms with van der Waals surface area (Å²) in [4.78, 5) is 4.22. The maximum absolute atomic E-state index is 6.01. The predicted molar refractivity (Wildman–Crippen MR) is 56.2 cm³/mol. The Kier molecular flexibility index (Phi) is 2.79. The topological polar surface area (TPSA) is 47.6 Å². The first-order chi connectivity index (χ1) is 6.86. The summed E-state index contributed by atoms with van der Waals surface area (Å²) in [5.74, 6) is 0.793. The minimum Gasteiger partial charge on any atom is -0.479 e. The van der Waals surface area contributed by atoms with Gasteiger partial charge in [0.2, 0.25) is 0 Å². The van der Waals surface area contributed by atoms with E-state index < -0.39 is 0 Å². The van der Waals surface area contributed by atoms with Crippen LogP contribution < -0.4 is 5.73 Å². The van der Waals surface area contributed by atoms with Crippen molar-refractivity contribution in [2.45, 2.75) is 12.5 Å². The molecule has 1 unspecified atom stereocenters. The molecule has 1 heterocycles. The van der Waals surface area contributed by atoms with Crippen molar-refractivity contribution in [1.29, 1.82) is 0 Å². The van der Waals surface area contributed by atoms with Gasteiger partial charge in [0.15, 0.2) is 5.90 Å². The molecular weight excluding hydrogens is 176 g/mol. The molecule has 2 rings (SSSR count). The highest BCUT2D eigenvalue weighted by Crippen LogP contribution is 2.15. The molecular formula is C11H14N2O. The normalized spacial score (nSPS) is 17.4. The van der Waals surface area contributed by atoms with E-state index >= 15 is 0 Å². The minimum absolute atomic E-state index is 0.00644. The Hall–Kier alpha value is -1.35. The molecule has 0 amide bonds. The largest absolute Gasteiger partial charge is 0.479 e. The molecule has 1 aromatic rings. The van der Waals surface area contributed by atoms with E-state index in [0.29, 0.717) is 13.0 Å². The molecule has 0 radical (unpaired) electrons. The Balaban J connectivity index is 1.99. The smallest absolute Gasteiger partial charge is 0.185 e. The van der Waals surface area contributed by atoms with Crippen molar-refractivity contribution in [1.82, 2.24) is 0 Å². The summed E-state index contributed by atoms with van der Waals surface area (Å²) in [5, 5.41) is 0. The number of rotatable bonds is 3. The SMILES string of the molecule is NC(CC1=NCCO1)c1ccccc1. The van der Waals surface area contributed by atoms with Crippen molar-refractivity contribution in [3.63, 3.8) is 0 Å². The Bertz CT molecular complexity index is 321. The van der Waals surface area contributed by atoms with Gasteiger partial charge in [0.25, 0.3) is 0 Å². The summed E-state index contributed by atoms with van der Waals surface area (Å²) < 4.78 is 5.32. The zero-order chi connectivity index (χ0) is 9.80. The number of aliphatic imine (C=N–C) groups is 1. The number of nitrogens with zero attached hydrogens (tertiary/aromatic N) is 1. The number of nitrogens with two attached hydrogens (primary N) is 1. The molecule has 0 aromatic heterocycles. The number of ether oxygens (including phenoxy) is 1. The van der Waals surface area contributed by atoms with Gasteiger partial charge in [-0.3, -0.25) is 4.99 Å². The van der Waals surface area contributed by atoms with Crippen molar-refractivity contribution < 1.29 is 4.74 Å². The van der Waals surface area contributed by atoms with Crippen molar-refractivity contribution in [2.75, 3.05) is 13.2 Å². The third kappa shape index (κ3) is 2.12. The van der Waals surface area contributed by atoms with Crippen LogP contribution in [0.1, 0.15) is 18.0 Å². The number of hydrogen-bond acceptors (Lipinski definition) is 3. The third-order valence-electron chi connectivity index (χ3n) is 2.27. The molecule has 0 saturated heterocycles. The Morgan fingerprint density at radius 3 is 2.79 bits per heavy atom. The van der Waals surface area contributed by atoms with Gasteiger partial charge in [-0.2, -0.15) is 0 Å². The monoisotopic (exact) mass is 190 g/mol. The highest BCUT2D eigenvalue weighted by molar-refractivity contribution is 5.78. The second-order valence-electron chi connectivity index (χ2n) is 3.35. The molecule has 3 heteroatoms. The van der Waals surface area contributed by atoms with Crippen molar-refractivity contribution in [3.8, 4) is 0 Å². The molecule has 1 aliphatic rings. The van der Waals surface area contributed by atoms with Gasteiger partial charge in [-0.15, -0.1) is 0 Å². The lowest BCUT2D eigenvalue weighted by Gasteiger charge is -2.11. The highest BCUT2D eigenvalue weighted by Gasteiger charge is 2.13. The van der Waals surface area contributed by atoms with Crippen molar-refractivity contribution in [2.24, 2.45) is 10.7 Å². The van der Waals surface area contributed by atoms with Crippen LogP contribution in [0.3, 0.4) is 0 Å². The average Bonchev–Trinajstić information content (AvgIpc) is 2.72. The zero-order valence-corrected chi connectivity index (χ0v) is 8.02. The summed E-state index contributed by atoms with van der Waals surface area (Å²) >= 11 is 0. The standard InChI is InChI=1S/C11H14N2O/c12-10(8-11-13-6-7-14-11)9-4-2-1-3-5-9/h1-5,10H,6-8,12H2. The summed E-state index contributed by atoms with van der Waals surface area (Å²) in [6.07, 6.45) is 0.698. The van der Waals surface area contributed by atoms with Crippen LogP contribution in [-0.2, 0) is 4.74 Å². The van der Waals surface area contributed by atoms with E-state index in [9.17, 15) is 0 Å². The molecule has 0 spiro atoms. The zero-order valence-electron chi connectivity index (χ0n) is 8.02. The van der Waals surface area contributed by atoms with Crippen LogP contribution in [-0.4, -0.2) is 19.0 Å². The molecule has 2 N–H and O–H groups in total. The molecule has 1 aliphatic heterocycles. The Labute approximate surface area is 83.6 Å². The second-order valence-corrected chi connectivity index (χ2v) is 3.35. The van der Waals surface area contributed by atoms with Gasteiger partial charge < -0.3 is 10.5 Å². The van der Waals surface area contributed by atoms with Crippen LogP contribution in [0.5, 0.6) is 0 Å². The van der Waals surface area contributed by atoms with Crippen LogP contribution in [0.15, 0.2) is 35.3 Å². The Morgan fingerprint density at radius 1 is 1.36 bits per heavy atom. The van der Waals surface area contributed by atoms with Gasteiger partial charge >= 0.3 is 0 Å². The van der Waals surface area contributed by atoms with Gasteiger partial charge in [0.05, 0.1) is 6.54 Å². The van der Waals surface area contributed by atoms with Gasteiger partial charge in [-0.1, -0.05) is 30.3 Å². The van der Waals surface area contributed by atoms with Crippen LogP contribution in [0, 0.1) is 0 Å². The molecule has 0 bridgehead atoms. The van der Waals surface area contributed by atoms with Crippen LogP contribution >= 0.6 is 0 Å². The van der Waals surface area contributed by atoms with E-state index in [1.54, 1.807) is 0 Å². The molecule has 0 fully saturated rings. The van der Waals surface area contributed by atoms with Crippen LogP contribution in [0.2, 0.25) is 0 Å². The Morgan fingerprint density at radius 2 is 2.14 bits per heavy atom. The van der Waals surface area contributed by atoms with E-state index in [1.807, 2.05) is 30.3 Å². The maximum Gasteiger partial charge on any atom is 0.185 e. The molecule has 14 heavy (non-hydrogen) atoms. The van der Waals surface area contributed by atoms with E-state index in [1.165, 1.54) is 0 Å². The number of benzene rings is 1. The van der Waals surface area contributed by atoms with E-state index in [4.69, 9.17) is 10.5 Å². The van der Waals surface area contributed by atoms with Gasteiger partial charge in [-0.05, 0) is 5.56 Å². The van der Waals surface area contributed by atoms with Crippen molar-refractivity contribution >= 4 is 5.90 Å². The highest BCUT2D eigenvalue weighted by atomic mass is 16.5. The molecule has 0 aliphatic carbocycles. The van der Waals surface area contributed by atoms with Gasteiger partial charge in [0.1, 0.15) is 6.61 Å². The van der Waals surface area contributed by atoms with E-state index in [-0.39, 0.29) is 6.04 Å². The van der Waals surface area contributed by atoms with Crippen LogP contribution in [0.4, 0.5) is 0 Å². The summed E-state index contributed by atoms with van der Waals surface area (Å²) in [6.45, 7) is 1.48. The molecule has 0 saturated carbocycles. The lowest BCUT2D eigenvalue weighted by Crippen LogP contribution is -2.15. The fraction of sp³-hybridized carbons (Fsp3) is 0.364. The molecule has 1 atom stereocenters. The maximum atomic E-state index is 6.01. The van der Waals surface area contributed by atoms with Gasteiger partial charge in [0, 0.05) is 12.5 Å². The van der Waals surface area contributed by atoms with Gasteiger partial charge in [-0.25, -0.2) is 0 Å². The number of hydrogen-bond donors (Lipinski definition) is 1. The van der Waals surface area contributed by atoms with Crippen molar-refractivity contribution in [3.05, 3.63) is 35.9 Å². The van der Waals surface area contributed by atoms with E-state index in [2.05, 4.69) is 4.99 Å². The summed E-state index contributed by atoms with van der Waals surface area (Å²) in [5.41, 5.74) is 7.14. The minimum atomic E-state index is -0.00644. The lowest BCUT2D eigenvalue weighted by molar-refractivity contribution is 0.335. The van der Waals surface area contributed by atoms with E-state index in [0.717, 1.165) is 18.0 Å². The first-order valence-corrected chi connectivity index (χ1v) is 4.83. The molecule has 3 nitrogen and oxygen atoms in total. The third-order valence-corrected chi connectivity index (χ3v) is 2.27. The quantitative estimate of drug-likeness (QED) is 0.785. The first kappa shape index (κ1) is 9.21. The fourth-order valence-electron chi connectivity index (χ4n) is 1.51. The summed E-state index contributed by atoms with van der Waals surface area (Å²) in [7, 11) is 0.